The lowest BCUT2D eigenvalue weighted by Crippen LogP contribution is -2.32. The third-order valence-electron chi connectivity index (χ3n) is 4.47. The zero-order chi connectivity index (χ0) is 19.4. The van der Waals surface area contributed by atoms with Crippen LogP contribution >= 0.6 is 0 Å². The fourth-order valence-electron chi connectivity index (χ4n) is 3.18. The normalized spacial score (nSPS) is 14.2. The molecule has 0 aliphatic carbocycles. The van der Waals surface area contributed by atoms with E-state index in [-0.39, 0.29) is 4.90 Å². The van der Waals surface area contributed by atoms with E-state index in [1.165, 1.54) is 0 Å². The zero-order valence-corrected chi connectivity index (χ0v) is 16.0. The molecule has 142 valence electrons. The van der Waals surface area contributed by atoms with Crippen molar-refractivity contribution >= 4 is 21.5 Å². The average Bonchev–Trinajstić information content (AvgIpc) is 3.00. The second kappa shape index (κ2) is 7.86. The van der Waals surface area contributed by atoms with Gasteiger partial charge in [0.15, 0.2) is 5.84 Å². The van der Waals surface area contributed by atoms with E-state index in [0.717, 1.165) is 11.4 Å². The molecule has 28 heavy (non-hydrogen) atoms. The summed E-state index contributed by atoms with van der Waals surface area (Å²) in [7, 11) is -3.67. The molecule has 0 saturated heterocycles. The van der Waals surface area contributed by atoms with Crippen LogP contribution in [0.15, 0.2) is 94.2 Å². The highest BCUT2D eigenvalue weighted by molar-refractivity contribution is 7.90. The molecule has 1 aliphatic heterocycles. The Morgan fingerprint density at radius 3 is 2.21 bits per heavy atom. The van der Waals surface area contributed by atoms with Crippen molar-refractivity contribution in [2.45, 2.75) is 11.3 Å². The summed E-state index contributed by atoms with van der Waals surface area (Å²) in [5, 5.41) is 0. The van der Waals surface area contributed by atoms with E-state index >= 15 is 0 Å². The van der Waals surface area contributed by atoms with E-state index < -0.39 is 10.0 Å². The molecule has 0 radical (unpaired) electrons. The van der Waals surface area contributed by atoms with Crippen molar-refractivity contribution in [1.29, 1.82) is 0 Å². The summed E-state index contributed by atoms with van der Waals surface area (Å²) in [6.07, 6.45) is 0.713. The molecule has 0 atom stereocenters. The molecule has 0 fully saturated rings. The third kappa shape index (κ3) is 3.77. The first-order chi connectivity index (χ1) is 13.6. The fraction of sp³-hybridized carbons (Fsp3) is 0.136. The van der Waals surface area contributed by atoms with Crippen LogP contribution in [-0.2, 0) is 10.0 Å². The molecule has 0 unspecified atom stereocenters. The summed E-state index contributed by atoms with van der Waals surface area (Å²) < 4.78 is 34.8. The van der Waals surface area contributed by atoms with E-state index in [1.807, 2.05) is 71.6 Å². The molecule has 0 aromatic heterocycles. The highest BCUT2D eigenvalue weighted by atomic mass is 32.2. The van der Waals surface area contributed by atoms with Gasteiger partial charge in [-0.05, 0) is 42.8 Å². The van der Waals surface area contributed by atoms with Gasteiger partial charge in [0.1, 0.15) is 10.6 Å². The SMILES string of the molecule is O=S1(=O)N=C(N(CCCOc2ccccc2)c2ccccc2)c2ccccc21. The van der Waals surface area contributed by atoms with Crippen LogP contribution in [0.25, 0.3) is 0 Å². The van der Waals surface area contributed by atoms with Gasteiger partial charge in [-0.3, -0.25) is 0 Å². The topological polar surface area (TPSA) is 59.0 Å². The van der Waals surface area contributed by atoms with Crippen molar-refractivity contribution < 1.29 is 13.2 Å². The largest absolute Gasteiger partial charge is 0.494 e. The van der Waals surface area contributed by atoms with Gasteiger partial charge in [0.25, 0.3) is 10.0 Å². The highest BCUT2D eigenvalue weighted by Gasteiger charge is 2.32. The molecule has 4 rings (SSSR count). The second-order valence-corrected chi connectivity index (χ2v) is 7.96. The highest BCUT2D eigenvalue weighted by Crippen LogP contribution is 2.30. The van der Waals surface area contributed by atoms with Gasteiger partial charge in [0.2, 0.25) is 0 Å². The summed E-state index contributed by atoms with van der Waals surface area (Å²) in [6.45, 7) is 1.11. The van der Waals surface area contributed by atoms with Gasteiger partial charge in [-0.1, -0.05) is 48.5 Å². The van der Waals surface area contributed by atoms with Crippen LogP contribution in [0.3, 0.4) is 0 Å². The molecule has 0 spiro atoms. The lowest BCUT2D eigenvalue weighted by atomic mass is 10.1. The zero-order valence-electron chi connectivity index (χ0n) is 15.2. The van der Waals surface area contributed by atoms with E-state index in [2.05, 4.69) is 4.40 Å². The van der Waals surface area contributed by atoms with Crippen molar-refractivity contribution in [3.8, 4) is 5.75 Å². The molecule has 1 heterocycles. The maximum absolute atomic E-state index is 12.5. The quantitative estimate of drug-likeness (QED) is 0.593. The van der Waals surface area contributed by atoms with E-state index in [0.29, 0.717) is 31.0 Å². The van der Waals surface area contributed by atoms with Crippen LogP contribution in [0.1, 0.15) is 12.0 Å². The maximum Gasteiger partial charge on any atom is 0.285 e. The molecular formula is C22H20N2O3S. The Morgan fingerprint density at radius 1 is 0.821 bits per heavy atom. The Labute approximate surface area is 165 Å². The second-order valence-electron chi connectivity index (χ2n) is 6.39. The van der Waals surface area contributed by atoms with Crippen molar-refractivity contribution in [3.63, 3.8) is 0 Å². The number of fused-ring (bicyclic) bond motifs is 1. The number of hydrogen-bond donors (Lipinski definition) is 0. The standard InChI is InChI=1S/C22H20N2O3S/c25-28(26)21-15-8-7-14-20(21)22(23-28)24(18-10-3-1-4-11-18)16-9-17-27-19-12-5-2-6-13-19/h1-8,10-15H,9,16-17H2. The van der Waals surface area contributed by atoms with Crippen LogP contribution in [0.2, 0.25) is 0 Å². The first-order valence-electron chi connectivity index (χ1n) is 9.10. The van der Waals surface area contributed by atoms with Crippen molar-refractivity contribution in [2.75, 3.05) is 18.1 Å². The molecule has 0 amide bonds. The molecular weight excluding hydrogens is 372 g/mol. The molecule has 3 aromatic carbocycles. The van der Waals surface area contributed by atoms with Gasteiger partial charge in [-0.25, -0.2) is 0 Å². The van der Waals surface area contributed by atoms with Crippen molar-refractivity contribution in [3.05, 3.63) is 90.5 Å². The van der Waals surface area contributed by atoms with Crippen LogP contribution in [0.4, 0.5) is 5.69 Å². The van der Waals surface area contributed by atoms with Crippen LogP contribution < -0.4 is 9.64 Å². The van der Waals surface area contributed by atoms with Gasteiger partial charge in [-0.2, -0.15) is 8.42 Å². The smallest absolute Gasteiger partial charge is 0.285 e. The number of nitrogens with zero attached hydrogens (tertiary/aromatic N) is 2. The van der Waals surface area contributed by atoms with Gasteiger partial charge >= 0.3 is 0 Å². The first-order valence-corrected chi connectivity index (χ1v) is 10.5. The lowest BCUT2D eigenvalue weighted by Gasteiger charge is -2.24. The Balaban J connectivity index is 1.57. The number of anilines is 1. The third-order valence-corrected chi connectivity index (χ3v) is 5.80. The first kappa shape index (κ1) is 18.3. The minimum Gasteiger partial charge on any atom is -0.494 e. The number of amidine groups is 1. The lowest BCUT2D eigenvalue weighted by molar-refractivity contribution is 0.313. The predicted octanol–water partition coefficient (Wildman–Crippen LogP) is 4.11. The van der Waals surface area contributed by atoms with E-state index in [9.17, 15) is 8.42 Å². The van der Waals surface area contributed by atoms with Crippen molar-refractivity contribution in [2.24, 2.45) is 4.40 Å². The van der Waals surface area contributed by atoms with Crippen molar-refractivity contribution in [1.82, 2.24) is 0 Å². The van der Waals surface area contributed by atoms with Gasteiger partial charge in [0, 0.05) is 17.8 Å². The molecule has 0 bridgehead atoms. The summed E-state index contributed by atoms with van der Waals surface area (Å²) in [6, 6.07) is 26.3. The molecule has 0 N–H and O–H groups in total. The number of sulfonamides is 1. The van der Waals surface area contributed by atoms with Crippen LogP contribution in [-0.4, -0.2) is 27.4 Å². The number of ether oxygens (including phenoxy) is 1. The van der Waals surface area contributed by atoms with Gasteiger partial charge in [0.05, 0.1) is 6.61 Å². The van der Waals surface area contributed by atoms with E-state index in [1.54, 1.807) is 18.2 Å². The Kier molecular flexibility index (Phi) is 5.12. The number of hydrogen-bond acceptors (Lipinski definition) is 4. The summed E-state index contributed by atoms with van der Waals surface area (Å²) >= 11 is 0. The Bertz CT molecular complexity index is 1080. The molecule has 6 heteroatoms. The summed E-state index contributed by atoms with van der Waals surface area (Å²) in [5.74, 6) is 1.28. The summed E-state index contributed by atoms with van der Waals surface area (Å²) in [5.41, 5.74) is 1.53. The van der Waals surface area contributed by atoms with Gasteiger partial charge < -0.3 is 9.64 Å². The molecule has 0 saturated carbocycles. The average molecular weight is 392 g/mol. The Morgan fingerprint density at radius 2 is 1.46 bits per heavy atom. The number of benzene rings is 3. The summed E-state index contributed by atoms with van der Waals surface area (Å²) in [4.78, 5) is 2.20. The minimum absolute atomic E-state index is 0.256. The number of para-hydroxylation sites is 2. The fourth-order valence-corrected chi connectivity index (χ4v) is 4.39. The predicted molar refractivity (Wildman–Crippen MR) is 111 cm³/mol. The van der Waals surface area contributed by atoms with Gasteiger partial charge in [-0.15, -0.1) is 4.40 Å². The maximum atomic E-state index is 12.5. The van der Waals surface area contributed by atoms with Crippen LogP contribution in [0, 0.1) is 0 Å². The molecule has 1 aliphatic rings. The van der Waals surface area contributed by atoms with E-state index in [4.69, 9.17) is 4.74 Å². The monoisotopic (exact) mass is 392 g/mol. The Hall–Kier alpha value is -3.12. The minimum atomic E-state index is -3.67. The van der Waals surface area contributed by atoms with Crippen LogP contribution in [0.5, 0.6) is 5.75 Å². The number of rotatable bonds is 6. The molecule has 3 aromatic rings. The molecule has 5 nitrogen and oxygen atoms in total.